The summed E-state index contributed by atoms with van der Waals surface area (Å²) in [7, 11) is 0. The third kappa shape index (κ3) is 2.51. The van der Waals surface area contributed by atoms with Crippen molar-refractivity contribution in [2.45, 2.75) is 32.7 Å². The first-order valence-corrected chi connectivity index (χ1v) is 7.02. The van der Waals surface area contributed by atoms with Gasteiger partial charge in [-0.05, 0) is 44.9 Å². The lowest BCUT2D eigenvalue weighted by atomic mass is 10.1. The molecule has 6 heteroatoms. The number of nitrogen functional groups attached to an aromatic ring is 1. The molecule has 1 fully saturated rings. The van der Waals surface area contributed by atoms with Gasteiger partial charge in [0.1, 0.15) is 5.82 Å². The summed E-state index contributed by atoms with van der Waals surface area (Å²) in [5.74, 6) is 1.06. The highest BCUT2D eigenvalue weighted by Crippen LogP contribution is 2.23. The number of rotatable bonds is 2. The van der Waals surface area contributed by atoms with E-state index in [1.54, 1.807) is 0 Å². The predicted octanol–water partition coefficient (Wildman–Crippen LogP) is 1.39. The van der Waals surface area contributed by atoms with Crippen LogP contribution in [0.3, 0.4) is 0 Å². The lowest BCUT2D eigenvalue weighted by Crippen LogP contribution is -2.38. The highest BCUT2D eigenvalue weighted by atomic mass is 15.2. The van der Waals surface area contributed by atoms with E-state index in [0.717, 1.165) is 42.6 Å². The fourth-order valence-corrected chi connectivity index (χ4v) is 2.73. The van der Waals surface area contributed by atoms with Gasteiger partial charge in [-0.15, -0.1) is 0 Å². The number of aromatic nitrogens is 3. The summed E-state index contributed by atoms with van der Waals surface area (Å²) in [5.41, 5.74) is 8.74. The van der Waals surface area contributed by atoms with Crippen molar-refractivity contribution >= 4 is 22.8 Å². The molecule has 3 heterocycles. The molecular weight excluding hydrogens is 252 g/mol. The standard InChI is InChI=1S/C14H20N6/c1-8-6-9(2)17-13-11(8)12(15)19-14(20-13)18-10-4-3-5-16-7-10/h6,10,16H,3-5,7H2,1-2H3,(H3,15,17,18,19,20)/t10-/m0/s1. The monoisotopic (exact) mass is 272 g/mol. The number of hydrogen-bond acceptors (Lipinski definition) is 6. The number of nitrogens with one attached hydrogen (secondary N) is 2. The molecule has 4 N–H and O–H groups in total. The minimum atomic E-state index is 0.353. The minimum Gasteiger partial charge on any atom is -0.383 e. The molecule has 2 aromatic rings. The maximum absolute atomic E-state index is 6.07. The Kier molecular flexibility index (Phi) is 3.40. The van der Waals surface area contributed by atoms with Gasteiger partial charge in [0.25, 0.3) is 0 Å². The fraction of sp³-hybridized carbons (Fsp3) is 0.500. The van der Waals surface area contributed by atoms with Gasteiger partial charge in [-0.1, -0.05) is 0 Å². The Labute approximate surface area is 118 Å². The smallest absolute Gasteiger partial charge is 0.226 e. The van der Waals surface area contributed by atoms with Crippen molar-refractivity contribution < 1.29 is 0 Å². The van der Waals surface area contributed by atoms with Crippen LogP contribution in [0.25, 0.3) is 11.0 Å². The first-order valence-electron chi connectivity index (χ1n) is 7.02. The molecule has 1 saturated heterocycles. The number of nitrogens with two attached hydrogens (primary N) is 1. The molecule has 2 aromatic heterocycles. The van der Waals surface area contributed by atoms with Crippen molar-refractivity contribution in [2.24, 2.45) is 0 Å². The van der Waals surface area contributed by atoms with Gasteiger partial charge in [-0.2, -0.15) is 9.97 Å². The first kappa shape index (κ1) is 13.1. The van der Waals surface area contributed by atoms with E-state index in [4.69, 9.17) is 5.73 Å². The van der Waals surface area contributed by atoms with Crippen LogP contribution in [0.5, 0.6) is 0 Å². The van der Waals surface area contributed by atoms with Crippen LogP contribution in [0.4, 0.5) is 11.8 Å². The summed E-state index contributed by atoms with van der Waals surface area (Å²) in [6.45, 7) is 5.98. The highest BCUT2D eigenvalue weighted by molar-refractivity contribution is 5.89. The Bertz CT molecular complexity index is 633. The quantitative estimate of drug-likeness (QED) is 0.765. The topological polar surface area (TPSA) is 88.8 Å². The molecule has 0 bridgehead atoms. The second kappa shape index (κ2) is 5.20. The third-order valence-corrected chi connectivity index (χ3v) is 3.65. The van der Waals surface area contributed by atoms with E-state index in [0.29, 0.717) is 23.5 Å². The van der Waals surface area contributed by atoms with Crippen LogP contribution in [0.1, 0.15) is 24.1 Å². The molecule has 3 rings (SSSR count). The van der Waals surface area contributed by atoms with E-state index >= 15 is 0 Å². The Hall–Kier alpha value is -1.95. The number of nitrogens with zero attached hydrogens (tertiary/aromatic N) is 3. The Morgan fingerprint density at radius 3 is 2.90 bits per heavy atom. The molecule has 1 atom stereocenters. The van der Waals surface area contributed by atoms with E-state index in [-0.39, 0.29) is 0 Å². The Morgan fingerprint density at radius 1 is 1.30 bits per heavy atom. The number of aryl methyl sites for hydroxylation is 2. The van der Waals surface area contributed by atoms with Crippen molar-refractivity contribution in [1.29, 1.82) is 0 Å². The zero-order valence-electron chi connectivity index (χ0n) is 11.9. The first-order chi connectivity index (χ1) is 9.63. The minimum absolute atomic E-state index is 0.353. The largest absolute Gasteiger partial charge is 0.383 e. The molecule has 20 heavy (non-hydrogen) atoms. The van der Waals surface area contributed by atoms with E-state index in [1.807, 2.05) is 19.9 Å². The summed E-state index contributed by atoms with van der Waals surface area (Å²) in [6, 6.07) is 2.35. The van der Waals surface area contributed by atoms with Crippen molar-refractivity contribution in [2.75, 3.05) is 24.1 Å². The average molecular weight is 272 g/mol. The fourth-order valence-electron chi connectivity index (χ4n) is 2.73. The molecule has 0 unspecified atom stereocenters. The number of hydrogen-bond donors (Lipinski definition) is 3. The van der Waals surface area contributed by atoms with Gasteiger partial charge >= 0.3 is 0 Å². The van der Waals surface area contributed by atoms with Gasteiger partial charge in [0.05, 0.1) is 5.39 Å². The average Bonchev–Trinajstić information content (AvgIpc) is 2.38. The van der Waals surface area contributed by atoms with Gasteiger partial charge < -0.3 is 16.4 Å². The van der Waals surface area contributed by atoms with Gasteiger partial charge in [-0.3, -0.25) is 0 Å². The normalized spacial score (nSPS) is 19.2. The molecule has 0 spiro atoms. The maximum atomic E-state index is 6.07. The molecule has 0 aliphatic carbocycles. The van der Waals surface area contributed by atoms with E-state index in [9.17, 15) is 0 Å². The molecule has 0 radical (unpaired) electrons. The Balaban J connectivity index is 1.96. The molecule has 106 valence electrons. The van der Waals surface area contributed by atoms with Gasteiger partial charge in [0, 0.05) is 18.3 Å². The van der Waals surface area contributed by atoms with Crippen LogP contribution >= 0.6 is 0 Å². The van der Waals surface area contributed by atoms with Crippen LogP contribution < -0.4 is 16.4 Å². The summed E-state index contributed by atoms with van der Waals surface area (Å²) >= 11 is 0. The molecule has 1 aliphatic rings. The number of fused-ring (bicyclic) bond motifs is 1. The van der Waals surface area contributed by atoms with Crippen LogP contribution in [-0.2, 0) is 0 Å². The SMILES string of the molecule is Cc1cc(C)c2c(N)nc(N[C@H]3CCCNC3)nc2n1. The summed E-state index contributed by atoms with van der Waals surface area (Å²) in [5, 5.41) is 7.56. The van der Waals surface area contributed by atoms with Gasteiger partial charge in [0.15, 0.2) is 5.65 Å². The lowest BCUT2D eigenvalue weighted by molar-refractivity contribution is 0.478. The summed E-state index contributed by atoms with van der Waals surface area (Å²) in [4.78, 5) is 13.3. The van der Waals surface area contributed by atoms with Gasteiger partial charge in [-0.25, -0.2) is 4.98 Å². The predicted molar refractivity (Wildman–Crippen MR) is 80.7 cm³/mol. The molecular formula is C14H20N6. The molecule has 0 aromatic carbocycles. The second-order valence-corrected chi connectivity index (χ2v) is 5.40. The van der Waals surface area contributed by atoms with Crippen molar-refractivity contribution in [3.05, 3.63) is 17.3 Å². The second-order valence-electron chi connectivity index (χ2n) is 5.40. The third-order valence-electron chi connectivity index (χ3n) is 3.65. The highest BCUT2D eigenvalue weighted by Gasteiger charge is 2.15. The summed E-state index contributed by atoms with van der Waals surface area (Å²) in [6.07, 6.45) is 2.28. The summed E-state index contributed by atoms with van der Waals surface area (Å²) < 4.78 is 0. The van der Waals surface area contributed by atoms with E-state index in [1.165, 1.54) is 0 Å². The van der Waals surface area contributed by atoms with Crippen molar-refractivity contribution in [3.63, 3.8) is 0 Å². The number of piperidine rings is 1. The zero-order chi connectivity index (χ0) is 14.1. The van der Waals surface area contributed by atoms with Crippen LogP contribution in [0.2, 0.25) is 0 Å². The number of pyridine rings is 1. The van der Waals surface area contributed by atoms with Crippen molar-refractivity contribution in [3.8, 4) is 0 Å². The number of anilines is 2. The molecule has 1 aliphatic heterocycles. The van der Waals surface area contributed by atoms with Crippen molar-refractivity contribution in [1.82, 2.24) is 20.3 Å². The zero-order valence-corrected chi connectivity index (χ0v) is 11.9. The molecule has 6 nitrogen and oxygen atoms in total. The van der Waals surface area contributed by atoms with Gasteiger partial charge in [0.2, 0.25) is 5.95 Å². The van der Waals surface area contributed by atoms with E-state index < -0.39 is 0 Å². The molecule has 0 saturated carbocycles. The van der Waals surface area contributed by atoms with E-state index in [2.05, 4.69) is 25.6 Å². The lowest BCUT2D eigenvalue weighted by Gasteiger charge is -2.23. The van der Waals surface area contributed by atoms with Crippen LogP contribution in [0, 0.1) is 13.8 Å². The maximum Gasteiger partial charge on any atom is 0.226 e. The van der Waals surface area contributed by atoms with Crippen LogP contribution in [0.15, 0.2) is 6.07 Å². The Morgan fingerprint density at radius 2 is 2.15 bits per heavy atom. The molecule has 0 amide bonds. The van der Waals surface area contributed by atoms with Crippen LogP contribution in [-0.4, -0.2) is 34.1 Å².